The summed E-state index contributed by atoms with van der Waals surface area (Å²) < 4.78 is 42.9. The number of nitrogens with one attached hydrogen (secondary N) is 2. The molecular formula is C26H22F3N5O2. The highest BCUT2D eigenvalue weighted by molar-refractivity contribution is 5.94. The van der Waals surface area contributed by atoms with Crippen LogP contribution >= 0.6 is 0 Å². The second-order valence-electron chi connectivity index (χ2n) is 8.39. The third-order valence-corrected chi connectivity index (χ3v) is 5.75. The van der Waals surface area contributed by atoms with Gasteiger partial charge in [-0.25, -0.2) is 9.97 Å². The van der Waals surface area contributed by atoms with Gasteiger partial charge in [0.1, 0.15) is 22.9 Å². The number of aromatic amines is 1. The van der Waals surface area contributed by atoms with E-state index in [2.05, 4.69) is 25.0 Å². The summed E-state index contributed by atoms with van der Waals surface area (Å²) in [7, 11) is 0. The molecule has 1 amide bonds. The topological polar surface area (TPSA) is 84.3 Å². The van der Waals surface area contributed by atoms with Gasteiger partial charge in [-0.1, -0.05) is 19.1 Å². The predicted molar refractivity (Wildman–Crippen MR) is 129 cm³/mol. The van der Waals surface area contributed by atoms with Gasteiger partial charge in [-0.2, -0.15) is 0 Å². The van der Waals surface area contributed by atoms with Crippen molar-refractivity contribution in [3.8, 4) is 17.1 Å². The highest BCUT2D eigenvalue weighted by atomic mass is 19.4. The molecule has 3 aromatic heterocycles. The number of imidazole rings is 2. The maximum Gasteiger partial charge on any atom is 0.573 e. The molecule has 0 bridgehead atoms. The van der Waals surface area contributed by atoms with Gasteiger partial charge in [0.15, 0.2) is 0 Å². The Morgan fingerprint density at radius 2 is 1.86 bits per heavy atom. The molecule has 0 aliphatic heterocycles. The zero-order chi connectivity index (χ0) is 25.4. The number of rotatable bonds is 6. The Bertz CT molecular complexity index is 1570. The minimum atomic E-state index is -4.74. The number of carbonyl (C=O) groups is 1. The van der Waals surface area contributed by atoms with Crippen molar-refractivity contribution in [3.63, 3.8) is 0 Å². The van der Waals surface area contributed by atoms with E-state index in [1.807, 2.05) is 54.8 Å². The van der Waals surface area contributed by atoms with Crippen LogP contribution in [0.15, 0.2) is 60.8 Å². The van der Waals surface area contributed by atoms with Gasteiger partial charge in [-0.05, 0) is 66.9 Å². The van der Waals surface area contributed by atoms with E-state index in [-0.39, 0.29) is 11.7 Å². The first kappa shape index (κ1) is 23.4. The molecule has 5 rings (SSSR count). The van der Waals surface area contributed by atoms with Gasteiger partial charge in [0, 0.05) is 18.3 Å². The van der Waals surface area contributed by atoms with Crippen LogP contribution in [0.25, 0.3) is 28.1 Å². The summed E-state index contributed by atoms with van der Waals surface area (Å²) in [5.74, 6) is 0.00249. The molecule has 0 saturated heterocycles. The lowest BCUT2D eigenvalue weighted by molar-refractivity contribution is -0.274. The number of carbonyl (C=O) groups excluding carboxylic acids is 1. The average molecular weight is 493 g/mol. The molecule has 0 spiro atoms. The maximum atomic E-state index is 13.1. The number of hydrogen-bond acceptors (Lipinski definition) is 4. The molecule has 0 fully saturated rings. The van der Waals surface area contributed by atoms with Gasteiger partial charge in [-0.3, -0.25) is 9.20 Å². The predicted octanol–water partition coefficient (Wildman–Crippen LogP) is 5.58. The third kappa shape index (κ3) is 4.74. The molecule has 0 unspecified atom stereocenters. The standard InChI is InChI=1S/C26H22F3N5O2/c1-3-19-23(34-14-15(2)4-11-22(34)31-19)25(35)30-13-16-5-10-20-21(12-16)33-24(32-20)17-6-8-18(9-7-17)36-26(27,28)29/h4-12,14H,3,13H2,1-2H3,(H,30,35)(H,32,33). The van der Waals surface area contributed by atoms with Crippen LogP contribution in [0.1, 0.15) is 34.2 Å². The zero-order valence-corrected chi connectivity index (χ0v) is 19.5. The summed E-state index contributed by atoms with van der Waals surface area (Å²) in [5.41, 5.74) is 5.94. The van der Waals surface area contributed by atoms with Crippen LogP contribution in [0.2, 0.25) is 0 Å². The number of hydrogen-bond donors (Lipinski definition) is 2. The number of alkyl halides is 3. The maximum absolute atomic E-state index is 13.1. The first-order valence-corrected chi connectivity index (χ1v) is 11.3. The smallest absolute Gasteiger partial charge is 0.406 e. The quantitative estimate of drug-likeness (QED) is 0.324. The van der Waals surface area contributed by atoms with Crippen LogP contribution in [0.5, 0.6) is 5.75 Å². The van der Waals surface area contributed by atoms with Gasteiger partial charge in [0.25, 0.3) is 5.91 Å². The summed E-state index contributed by atoms with van der Waals surface area (Å²) in [4.78, 5) is 25.3. The molecule has 0 atom stereocenters. The number of aryl methyl sites for hydroxylation is 2. The fourth-order valence-corrected chi connectivity index (χ4v) is 4.07. The Kier molecular flexibility index (Phi) is 5.87. The van der Waals surface area contributed by atoms with Gasteiger partial charge in [-0.15, -0.1) is 13.2 Å². The lowest BCUT2D eigenvalue weighted by Crippen LogP contribution is -2.25. The molecule has 2 aromatic carbocycles. The van der Waals surface area contributed by atoms with E-state index in [1.54, 1.807) is 0 Å². The summed E-state index contributed by atoms with van der Waals surface area (Å²) in [6, 6.07) is 14.9. The van der Waals surface area contributed by atoms with Crippen molar-refractivity contribution in [1.82, 2.24) is 24.7 Å². The van der Waals surface area contributed by atoms with Crippen LogP contribution in [-0.4, -0.2) is 31.6 Å². The Morgan fingerprint density at radius 3 is 2.58 bits per heavy atom. The minimum Gasteiger partial charge on any atom is -0.406 e. The molecule has 184 valence electrons. The molecule has 3 heterocycles. The fraction of sp³-hybridized carbons (Fsp3) is 0.192. The van der Waals surface area contributed by atoms with E-state index in [4.69, 9.17) is 0 Å². The Labute approximate surface area is 204 Å². The number of H-pyrrole nitrogens is 1. The molecule has 5 aromatic rings. The van der Waals surface area contributed by atoms with Gasteiger partial charge < -0.3 is 15.0 Å². The van der Waals surface area contributed by atoms with E-state index in [9.17, 15) is 18.0 Å². The summed E-state index contributed by atoms with van der Waals surface area (Å²) in [5, 5.41) is 2.98. The van der Waals surface area contributed by atoms with Crippen LogP contribution < -0.4 is 10.1 Å². The second-order valence-corrected chi connectivity index (χ2v) is 8.39. The molecule has 7 nitrogen and oxygen atoms in total. The molecule has 0 aliphatic rings. The van der Waals surface area contributed by atoms with E-state index >= 15 is 0 Å². The number of aromatic nitrogens is 4. The first-order valence-electron chi connectivity index (χ1n) is 11.3. The zero-order valence-electron chi connectivity index (χ0n) is 19.5. The number of pyridine rings is 1. The van der Waals surface area contributed by atoms with E-state index in [0.717, 1.165) is 28.0 Å². The first-order chi connectivity index (χ1) is 17.2. The highest BCUT2D eigenvalue weighted by Crippen LogP contribution is 2.27. The van der Waals surface area contributed by atoms with Crippen molar-refractivity contribution in [3.05, 3.63) is 83.3 Å². The molecule has 2 N–H and O–H groups in total. The van der Waals surface area contributed by atoms with Crippen molar-refractivity contribution >= 4 is 22.6 Å². The molecule has 36 heavy (non-hydrogen) atoms. The highest BCUT2D eigenvalue weighted by Gasteiger charge is 2.31. The lowest BCUT2D eigenvalue weighted by Gasteiger charge is -2.08. The molecule has 0 saturated carbocycles. The van der Waals surface area contributed by atoms with E-state index in [0.29, 0.717) is 35.6 Å². The van der Waals surface area contributed by atoms with E-state index < -0.39 is 6.36 Å². The third-order valence-electron chi connectivity index (χ3n) is 5.75. The number of amides is 1. The number of halogens is 3. The average Bonchev–Trinajstić information content (AvgIpc) is 3.42. The fourth-order valence-electron chi connectivity index (χ4n) is 4.07. The van der Waals surface area contributed by atoms with Gasteiger partial charge in [0.2, 0.25) is 0 Å². The number of nitrogens with zero attached hydrogens (tertiary/aromatic N) is 3. The second kappa shape index (κ2) is 9.03. The number of benzene rings is 2. The Morgan fingerprint density at radius 1 is 1.08 bits per heavy atom. The molecule has 0 aliphatic carbocycles. The summed E-state index contributed by atoms with van der Waals surface area (Å²) in [6.07, 6.45) is -2.21. The van der Waals surface area contributed by atoms with Crippen molar-refractivity contribution < 1.29 is 22.7 Å². The van der Waals surface area contributed by atoms with Crippen molar-refractivity contribution in [2.75, 3.05) is 0 Å². The van der Waals surface area contributed by atoms with Gasteiger partial charge in [0.05, 0.1) is 16.7 Å². The largest absolute Gasteiger partial charge is 0.573 e. The van der Waals surface area contributed by atoms with Crippen molar-refractivity contribution in [2.45, 2.75) is 33.2 Å². The summed E-state index contributed by atoms with van der Waals surface area (Å²) >= 11 is 0. The number of ether oxygens (including phenoxy) is 1. The van der Waals surface area contributed by atoms with Crippen LogP contribution in [0, 0.1) is 6.92 Å². The Balaban J connectivity index is 1.33. The minimum absolute atomic E-state index is 0.212. The van der Waals surface area contributed by atoms with Crippen LogP contribution in [0.3, 0.4) is 0 Å². The van der Waals surface area contributed by atoms with Crippen molar-refractivity contribution in [1.29, 1.82) is 0 Å². The van der Waals surface area contributed by atoms with Crippen LogP contribution in [0.4, 0.5) is 13.2 Å². The van der Waals surface area contributed by atoms with Crippen molar-refractivity contribution in [2.24, 2.45) is 0 Å². The molecular weight excluding hydrogens is 471 g/mol. The monoisotopic (exact) mass is 493 g/mol. The Hall–Kier alpha value is -4.34. The number of fused-ring (bicyclic) bond motifs is 2. The SMILES string of the molecule is CCc1nc2ccc(C)cn2c1C(=O)NCc1ccc2nc(-c3ccc(OC(F)(F)F)cc3)[nH]c2c1. The molecule has 0 radical (unpaired) electrons. The lowest BCUT2D eigenvalue weighted by atomic mass is 10.2. The van der Waals surface area contributed by atoms with Crippen LogP contribution in [-0.2, 0) is 13.0 Å². The summed E-state index contributed by atoms with van der Waals surface area (Å²) in [6.45, 7) is 4.23. The van der Waals surface area contributed by atoms with E-state index in [1.165, 1.54) is 24.3 Å². The normalized spacial score (nSPS) is 11.8. The van der Waals surface area contributed by atoms with Gasteiger partial charge >= 0.3 is 6.36 Å². The molecule has 10 heteroatoms.